The second kappa shape index (κ2) is 4.53. The third-order valence-electron chi connectivity index (χ3n) is 2.40. The molecule has 0 bridgehead atoms. The van der Waals surface area contributed by atoms with Crippen LogP contribution in [0.1, 0.15) is 27.8 Å². The van der Waals surface area contributed by atoms with Crippen molar-refractivity contribution in [2.75, 3.05) is 0 Å². The number of aliphatic hydroxyl groups excluding tert-OH is 1. The van der Waals surface area contributed by atoms with Crippen molar-refractivity contribution in [2.24, 2.45) is 0 Å². The van der Waals surface area contributed by atoms with Gasteiger partial charge in [0.05, 0.1) is 12.0 Å². The van der Waals surface area contributed by atoms with Crippen LogP contribution in [0.3, 0.4) is 0 Å². The lowest BCUT2D eigenvalue weighted by Gasteiger charge is -2.10. The molecule has 7 heteroatoms. The van der Waals surface area contributed by atoms with E-state index in [-0.39, 0.29) is 17.0 Å². The van der Waals surface area contributed by atoms with Gasteiger partial charge in [-0.25, -0.2) is 18.6 Å². The van der Waals surface area contributed by atoms with Crippen molar-refractivity contribution in [3.05, 3.63) is 53.1 Å². The number of aliphatic hydroxyl groups is 1. The molecule has 2 rings (SSSR count). The van der Waals surface area contributed by atoms with E-state index in [4.69, 9.17) is 5.11 Å². The number of H-pyrrole nitrogens is 1. The Morgan fingerprint density at radius 1 is 1.33 bits per heavy atom. The third-order valence-corrected chi connectivity index (χ3v) is 2.40. The lowest BCUT2D eigenvalue weighted by molar-refractivity contribution is 0.0685. The summed E-state index contributed by atoms with van der Waals surface area (Å²) in [5, 5.41) is 18.7. The van der Waals surface area contributed by atoms with Crippen LogP contribution in [0.25, 0.3) is 0 Å². The molecule has 18 heavy (non-hydrogen) atoms. The molecule has 0 aliphatic carbocycles. The second-order valence-electron chi connectivity index (χ2n) is 3.55. The zero-order chi connectivity index (χ0) is 13.3. The fourth-order valence-electron chi connectivity index (χ4n) is 1.53. The zero-order valence-electron chi connectivity index (χ0n) is 8.89. The molecule has 1 aromatic carbocycles. The summed E-state index contributed by atoms with van der Waals surface area (Å²) >= 11 is 0. The van der Waals surface area contributed by atoms with Crippen LogP contribution < -0.4 is 0 Å². The molecule has 2 aromatic rings. The first-order valence-corrected chi connectivity index (χ1v) is 4.90. The Morgan fingerprint density at radius 3 is 2.67 bits per heavy atom. The van der Waals surface area contributed by atoms with Crippen LogP contribution in [0.2, 0.25) is 0 Å². The van der Waals surface area contributed by atoms with Crippen LogP contribution in [-0.4, -0.2) is 26.2 Å². The Hall–Kier alpha value is -2.28. The zero-order valence-corrected chi connectivity index (χ0v) is 8.89. The van der Waals surface area contributed by atoms with Crippen LogP contribution in [0.4, 0.5) is 8.78 Å². The normalized spacial score (nSPS) is 12.4. The van der Waals surface area contributed by atoms with E-state index in [1.165, 1.54) is 0 Å². The summed E-state index contributed by atoms with van der Waals surface area (Å²) in [6, 6.07) is 2.81. The number of rotatable bonds is 3. The standard InChI is InChI=1S/C11H8F2N2O3/c12-6-2-1-5(3-7(6)13)10(16)8-9(11(17)18)15-4-14-8/h1-4,10,16H,(H,14,15)(H,17,18). The van der Waals surface area contributed by atoms with E-state index in [0.29, 0.717) is 0 Å². The predicted octanol–water partition coefficient (Wildman–Crippen LogP) is 1.47. The van der Waals surface area contributed by atoms with Crippen LogP contribution in [0.5, 0.6) is 0 Å². The van der Waals surface area contributed by atoms with Gasteiger partial charge in [-0.15, -0.1) is 0 Å². The highest BCUT2D eigenvalue weighted by molar-refractivity contribution is 5.86. The number of imidazole rings is 1. The molecular weight excluding hydrogens is 246 g/mol. The van der Waals surface area contributed by atoms with Crippen LogP contribution in [-0.2, 0) is 0 Å². The average molecular weight is 254 g/mol. The molecule has 0 aliphatic rings. The van der Waals surface area contributed by atoms with Crippen molar-refractivity contribution in [3.63, 3.8) is 0 Å². The molecule has 0 spiro atoms. The number of aromatic carboxylic acids is 1. The summed E-state index contributed by atoms with van der Waals surface area (Å²) in [6.45, 7) is 0. The van der Waals surface area contributed by atoms with E-state index in [0.717, 1.165) is 24.5 Å². The number of carbonyl (C=O) groups is 1. The van der Waals surface area contributed by atoms with Gasteiger partial charge in [0.1, 0.15) is 6.10 Å². The summed E-state index contributed by atoms with van der Waals surface area (Å²) in [4.78, 5) is 16.8. The first-order chi connectivity index (χ1) is 8.50. The Kier molecular flexibility index (Phi) is 3.07. The highest BCUT2D eigenvalue weighted by Crippen LogP contribution is 2.23. The van der Waals surface area contributed by atoms with Gasteiger partial charge >= 0.3 is 5.97 Å². The largest absolute Gasteiger partial charge is 0.476 e. The van der Waals surface area contributed by atoms with Gasteiger partial charge in [0.2, 0.25) is 0 Å². The fraction of sp³-hybridized carbons (Fsp3) is 0.0909. The minimum atomic E-state index is -1.42. The van der Waals surface area contributed by atoms with Gasteiger partial charge in [0.25, 0.3) is 0 Å². The lowest BCUT2D eigenvalue weighted by Crippen LogP contribution is -2.08. The fourth-order valence-corrected chi connectivity index (χ4v) is 1.53. The Bertz CT molecular complexity index is 598. The highest BCUT2D eigenvalue weighted by atomic mass is 19.2. The van der Waals surface area contributed by atoms with Crippen molar-refractivity contribution in [1.29, 1.82) is 0 Å². The number of nitrogens with one attached hydrogen (secondary N) is 1. The van der Waals surface area contributed by atoms with E-state index in [9.17, 15) is 18.7 Å². The smallest absolute Gasteiger partial charge is 0.356 e. The maximum Gasteiger partial charge on any atom is 0.356 e. The number of carboxylic acid groups (broad SMARTS) is 1. The van der Waals surface area contributed by atoms with Crippen molar-refractivity contribution >= 4 is 5.97 Å². The third kappa shape index (κ3) is 2.07. The number of benzene rings is 1. The molecule has 1 heterocycles. The van der Waals surface area contributed by atoms with Gasteiger partial charge in [0, 0.05) is 0 Å². The molecule has 0 radical (unpaired) electrons. The summed E-state index contributed by atoms with van der Waals surface area (Å²) in [5.41, 5.74) is -0.429. The molecule has 0 aliphatic heterocycles. The Balaban J connectivity index is 2.41. The number of aromatic nitrogens is 2. The predicted molar refractivity (Wildman–Crippen MR) is 56.0 cm³/mol. The SMILES string of the molecule is O=C(O)c1nc[nH]c1C(O)c1ccc(F)c(F)c1. The van der Waals surface area contributed by atoms with Gasteiger partial charge in [-0.2, -0.15) is 0 Å². The number of aromatic amines is 1. The van der Waals surface area contributed by atoms with Gasteiger partial charge in [-0.1, -0.05) is 6.07 Å². The van der Waals surface area contributed by atoms with Gasteiger partial charge in [0.15, 0.2) is 17.3 Å². The molecular formula is C11H8F2N2O3. The summed E-state index contributed by atoms with van der Waals surface area (Å²) in [5.74, 6) is -3.50. The first-order valence-electron chi connectivity index (χ1n) is 4.90. The summed E-state index contributed by atoms with van der Waals surface area (Å²) in [7, 11) is 0. The maximum atomic E-state index is 13.0. The minimum absolute atomic E-state index is 0.0284. The molecule has 1 atom stereocenters. The number of hydrogen-bond donors (Lipinski definition) is 3. The molecule has 1 aromatic heterocycles. The topological polar surface area (TPSA) is 86.2 Å². The molecule has 0 amide bonds. The summed E-state index contributed by atoms with van der Waals surface area (Å²) < 4.78 is 25.8. The van der Waals surface area contributed by atoms with Crippen molar-refractivity contribution in [2.45, 2.75) is 6.10 Å². The van der Waals surface area contributed by atoms with Crippen molar-refractivity contribution in [1.82, 2.24) is 9.97 Å². The van der Waals surface area contributed by atoms with Crippen LogP contribution in [0.15, 0.2) is 24.5 Å². The molecule has 0 fully saturated rings. The monoisotopic (exact) mass is 254 g/mol. The second-order valence-corrected chi connectivity index (χ2v) is 3.55. The van der Waals surface area contributed by atoms with Gasteiger partial charge < -0.3 is 15.2 Å². The number of halogens is 2. The number of hydrogen-bond acceptors (Lipinski definition) is 3. The van der Waals surface area contributed by atoms with E-state index >= 15 is 0 Å². The quantitative estimate of drug-likeness (QED) is 0.774. The van der Waals surface area contributed by atoms with Crippen LogP contribution >= 0.6 is 0 Å². The van der Waals surface area contributed by atoms with E-state index < -0.39 is 23.7 Å². The maximum absolute atomic E-state index is 13.0. The van der Waals surface area contributed by atoms with E-state index in [1.54, 1.807) is 0 Å². The number of carboxylic acids is 1. The lowest BCUT2D eigenvalue weighted by atomic mass is 10.0. The highest BCUT2D eigenvalue weighted by Gasteiger charge is 2.22. The number of nitrogens with zero attached hydrogens (tertiary/aromatic N) is 1. The van der Waals surface area contributed by atoms with E-state index in [1.807, 2.05) is 0 Å². The molecule has 5 nitrogen and oxygen atoms in total. The molecule has 0 saturated carbocycles. The summed E-state index contributed by atoms with van der Waals surface area (Å²) in [6.07, 6.45) is -0.323. The first kappa shape index (κ1) is 12.2. The van der Waals surface area contributed by atoms with E-state index in [2.05, 4.69) is 9.97 Å². The van der Waals surface area contributed by atoms with Crippen LogP contribution in [0, 0.1) is 11.6 Å². The molecule has 3 N–H and O–H groups in total. The Labute approximate surface area is 99.7 Å². The van der Waals surface area contributed by atoms with Crippen molar-refractivity contribution < 1.29 is 23.8 Å². The minimum Gasteiger partial charge on any atom is -0.476 e. The molecule has 0 saturated heterocycles. The Morgan fingerprint density at radius 2 is 2.06 bits per heavy atom. The molecule has 1 unspecified atom stereocenters. The average Bonchev–Trinajstić information content (AvgIpc) is 2.81. The molecule has 94 valence electrons. The van der Waals surface area contributed by atoms with Gasteiger partial charge in [-0.3, -0.25) is 0 Å². The van der Waals surface area contributed by atoms with Crippen molar-refractivity contribution in [3.8, 4) is 0 Å². The van der Waals surface area contributed by atoms with Gasteiger partial charge in [-0.05, 0) is 17.7 Å².